The number of rotatable bonds is 17. The lowest BCUT2D eigenvalue weighted by atomic mass is 9.98. The molecule has 1 aliphatic rings. The van der Waals surface area contributed by atoms with Gasteiger partial charge in [-0.3, -0.25) is 4.79 Å². The van der Waals surface area contributed by atoms with E-state index in [4.69, 9.17) is 9.47 Å². The second-order valence-electron chi connectivity index (χ2n) is 8.75. The van der Waals surface area contributed by atoms with Crippen LogP contribution in [0.1, 0.15) is 58.3 Å². The highest BCUT2D eigenvalue weighted by Gasteiger charge is 2.47. The molecule has 0 aromatic heterocycles. The molecule has 0 aliphatic carbocycles. The molecule has 1 saturated heterocycles. The van der Waals surface area contributed by atoms with Crippen LogP contribution in [-0.4, -0.2) is 122 Å². The summed E-state index contributed by atoms with van der Waals surface area (Å²) in [6.07, 6.45) is -7.48. The van der Waals surface area contributed by atoms with Gasteiger partial charge in [0.05, 0.1) is 13.2 Å². The van der Waals surface area contributed by atoms with Crippen LogP contribution in [0.15, 0.2) is 0 Å². The van der Waals surface area contributed by atoms with Crippen molar-refractivity contribution in [3.63, 3.8) is 0 Å². The average molecular weight is 498 g/mol. The summed E-state index contributed by atoms with van der Waals surface area (Å²) in [5.41, 5.74) is 0. The molecule has 9 N–H and O–H groups in total. The van der Waals surface area contributed by atoms with Crippen molar-refractivity contribution in [2.75, 3.05) is 19.8 Å². The smallest absolute Gasteiger partial charge is 0.251 e. The van der Waals surface area contributed by atoms with Crippen LogP contribution in [0.5, 0.6) is 0 Å². The van der Waals surface area contributed by atoms with Crippen molar-refractivity contribution < 1.29 is 55.1 Å². The van der Waals surface area contributed by atoms with Gasteiger partial charge in [-0.15, -0.1) is 0 Å². The summed E-state index contributed by atoms with van der Waals surface area (Å²) < 4.78 is 10.4. The number of unbranched alkanes of at least 4 members (excludes halogenated alkanes) is 7. The minimum Gasteiger partial charge on any atom is -0.394 e. The summed E-state index contributed by atoms with van der Waals surface area (Å²) in [6, 6.07) is 0. The third kappa shape index (κ3) is 9.61. The van der Waals surface area contributed by atoms with Gasteiger partial charge in [0.25, 0.3) is 5.91 Å². The molecule has 12 nitrogen and oxygen atoms in total. The van der Waals surface area contributed by atoms with Gasteiger partial charge in [0.2, 0.25) is 0 Å². The molecular weight excluding hydrogens is 454 g/mol. The summed E-state index contributed by atoms with van der Waals surface area (Å²) in [6.45, 7) is 0.775. The molecule has 34 heavy (non-hydrogen) atoms. The van der Waals surface area contributed by atoms with Crippen molar-refractivity contribution >= 4 is 5.91 Å². The lowest BCUT2D eigenvalue weighted by molar-refractivity contribution is -0.326. The zero-order valence-electron chi connectivity index (χ0n) is 19.8. The Morgan fingerprint density at radius 1 is 0.912 bits per heavy atom. The second-order valence-corrected chi connectivity index (χ2v) is 8.75. The zero-order valence-corrected chi connectivity index (χ0v) is 19.8. The zero-order chi connectivity index (χ0) is 25.7. The maximum Gasteiger partial charge on any atom is 0.251 e. The Labute approximate surface area is 200 Å². The minimum atomic E-state index is -2.04. The molecule has 6 unspecified atom stereocenters. The number of aliphatic hydroxyl groups excluding tert-OH is 8. The van der Waals surface area contributed by atoms with Crippen molar-refractivity contribution in [2.24, 2.45) is 0 Å². The van der Waals surface area contributed by atoms with Gasteiger partial charge in [-0.2, -0.15) is 0 Å². The Bertz CT molecular complexity index is 553. The Hall–Kier alpha value is -0.930. The van der Waals surface area contributed by atoms with Crippen LogP contribution in [0.25, 0.3) is 0 Å². The number of hydrogen-bond acceptors (Lipinski definition) is 11. The Morgan fingerprint density at radius 3 is 2.06 bits per heavy atom. The summed E-state index contributed by atoms with van der Waals surface area (Å²) in [7, 11) is 0. The van der Waals surface area contributed by atoms with E-state index in [0.29, 0.717) is 6.42 Å². The average Bonchev–Trinajstić information content (AvgIpc) is 2.84. The molecule has 0 radical (unpaired) electrons. The fourth-order valence-electron chi connectivity index (χ4n) is 3.75. The van der Waals surface area contributed by atoms with Gasteiger partial charge in [0.15, 0.2) is 12.4 Å². The van der Waals surface area contributed by atoms with Crippen molar-refractivity contribution in [3.8, 4) is 0 Å². The van der Waals surface area contributed by atoms with E-state index in [1.807, 2.05) is 0 Å². The second kappa shape index (κ2) is 16.7. The highest BCUT2D eigenvalue weighted by molar-refractivity contribution is 5.81. The maximum atomic E-state index is 12.2. The van der Waals surface area contributed by atoms with Crippen LogP contribution >= 0.6 is 0 Å². The van der Waals surface area contributed by atoms with E-state index in [2.05, 4.69) is 12.2 Å². The molecule has 0 saturated carbocycles. The van der Waals surface area contributed by atoms with Crippen LogP contribution < -0.4 is 5.32 Å². The van der Waals surface area contributed by atoms with E-state index in [0.717, 1.165) is 19.3 Å². The molecule has 0 spiro atoms. The lowest BCUT2D eigenvalue weighted by Crippen LogP contribution is -2.62. The molecule has 9 atom stereocenters. The number of carbonyl (C=O) groups excluding carboxylic acids is 1. The van der Waals surface area contributed by atoms with E-state index >= 15 is 0 Å². The molecule has 202 valence electrons. The number of hydrogen-bond donors (Lipinski definition) is 9. The maximum absolute atomic E-state index is 12.2. The van der Waals surface area contributed by atoms with Crippen molar-refractivity contribution in [1.82, 2.24) is 5.32 Å². The summed E-state index contributed by atoms with van der Waals surface area (Å²) >= 11 is 0. The predicted molar refractivity (Wildman–Crippen MR) is 119 cm³/mol. The van der Waals surface area contributed by atoms with Crippen LogP contribution in [-0.2, 0) is 14.3 Å². The number of ether oxygens (including phenoxy) is 2. The molecule has 12 heteroatoms. The largest absolute Gasteiger partial charge is 0.394 e. The normalized spacial score (nSPS) is 28.8. The molecule has 1 rings (SSSR count). The molecule has 0 aromatic carbocycles. The molecule has 1 aliphatic heterocycles. The number of nitrogens with one attached hydrogen (secondary N) is 1. The van der Waals surface area contributed by atoms with Gasteiger partial charge in [0, 0.05) is 6.54 Å². The van der Waals surface area contributed by atoms with Gasteiger partial charge >= 0.3 is 0 Å². The quantitative estimate of drug-likeness (QED) is 0.0959. The first-order chi connectivity index (χ1) is 16.2. The standard InChI is InChI=1S/C22H43NO11/c1-2-3-4-5-6-7-8-9-10-23-21(32)18(30)17(29)20(13(26)11-24)34-22-19(31)16(28)15(27)14(12-25)33-22/h13-20,22,24-31H,2-12H2,1H3,(H,23,32)/t13?,14?,15-,16?,17?,18?,19+,20?,22+/m1/s1. The minimum absolute atomic E-state index is 0.276. The van der Waals surface area contributed by atoms with Gasteiger partial charge in [-0.05, 0) is 6.42 Å². The molecule has 1 heterocycles. The third-order valence-electron chi connectivity index (χ3n) is 5.96. The monoisotopic (exact) mass is 497 g/mol. The highest BCUT2D eigenvalue weighted by atomic mass is 16.7. The van der Waals surface area contributed by atoms with Gasteiger partial charge < -0.3 is 55.6 Å². The SMILES string of the molecule is CCCCCCCCCCNC(=O)C(O)C(O)C(O[C@@H]1OC(CO)[C@@H](O)C(O)[C@@H]1O)C(O)CO. The van der Waals surface area contributed by atoms with Gasteiger partial charge in [-0.25, -0.2) is 0 Å². The number of amides is 1. The number of aliphatic hydroxyl groups is 8. The summed E-state index contributed by atoms with van der Waals surface area (Å²) in [5.74, 6) is -0.914. The number of carbonyl (C=O) groups is 1. The van der Waals surface area contributed by atoms with E-state index in [-0.39, 0.29) is 6.54 Å². The Kier molecular flexibility index (Phi) is 15.3. The summed E-state index contributed by atoms with van der Waals surface area (Å²) in [5, 5.41) is 81.6. The van der Waals surface area contributed by atoms with Crippen LogP contribution in [0.4, 0.5) is 0 Å². The van der Waals surface area contributed by atoms with Crippen LogP contribution in [0.2, 0.25) is 0 Å². The van der Waals surface area contributed by atoms with Crippen LogP contribution in [0, 0.1) is 0 Å². The Morgan fingerprint density at radius 2 is 1.50 bits per heavy atom. The summed E-state index contributed by atoms with van der Waals surface area (Å²) in [4.78, 5) is 12.2. The van der Waals surface area contributed by atoms with E-state index in [1.165, 1.54) is 25.7 Å². The van der Waals surface area contributed by atoms with E-state index < -0.39 is 74.2 Å². The van der Waals surface area contributed by atoms with Gasteiger partial charge in [-0.1, -0.05) is 51.9 Å². The van der Waals surface area contributed by atoms with Crippen LogP contribution in [0.3, 0.4) is 0 Å². The molecule has 0 bridgehead atoms. The highest BCUT2D eigenvalue weighted by Crippen LogP contribution is 2.25. The van der Waals surface area contributed by atoms with Gasteiger partial charge in [0.1, 0.15) is 42.7 Å². The van der Waals surface area contributed by atoms with E-state index in [1.54, 1.807) is 0 Å². The van der Waals surface area contributed by atoms with Crippen molar-refractivity contribution in [1.29, 1.82) is 0 Å². The topological polar surface area (TPSA) is 209 Å². The fraction of sp³-hybridized carbons (Fsp3) is 0.955. The first kappa shape index (κ1) is 31.1. The van der Waals surface area contributed by atoms with Crippen molar-refractivity contribution in [2.45, 2.75) is 113 Å². The first-order valence-electron chi connectivity index (χ1n) is 12.1. The molecule has 0 aromatic rings. The molecule has 1 amide bonds. The fourth-order valence-corrected chi connectivity index (χ4v) is 3.75. The lowest BCUT2D eigenvalue weighted by Gasteiger charge is -2.42. The first-order valence-corrected chi connectivity index (χ1v) is 12.1. The Balaban J connectivity index is 2.58. The third-order valence-corrected chi connectivity index (χ3v) is 5.96. The molecule has 1 fully saturated rings. The molecular formula is C22H43NO11. The van der Waals surface area contributed by atoms with E-state index in [9.17, 15) is 45.6 Å². The van der Waals surface area contributed by atoms with Crippen molar-refractivity contribution in [3.05, 3.63) is 0 Å². The predicted octanol–water partition coefficient (Wildman–Crippen LogP) is -2.50.